The molecular formula is C25H30N4O3. The predicted molar refractivity (Wildman–Crippen MR) is 125 cm³/mol. The Labute approximate surface area is 188 Å². The van der Waals surface area contributed by atoms with Gasteiger partial charge in [0.05, 0.1) is 23.3 Å². The minimum Gasteiger partial charge on any atom is -0.477 e. The molecule has 3 aromatic rings. The van der Waals surface area contributed by atoms with Crippen LogP contribution in [0.15, 0.2) is 48.5 Å². The van der Waals surface area contributed by atoms with E-state index in [1.54, 1.807) is 11.0 Å². The molecule has 7 heteroatoms. The number of hydrogen-bond donors (Lipinski definition) is 1. The Morgan fingerprint density at radius 1 is 1.09 bits per heavy atom. The summed E-state index contributed by atoms with van der Waals surface area (Å²) in [5, 5.41) is 3.05. The summed E-state index contributed by atoms with van der Waals surface area (Å²) < 4.78 is 7.96. The first-order chi connectivity index (χ1) is 15.5. The van der Waals surface area contributed by atoms with Crippen LogP contribution < -0.4 is 15.0 Å². The van der Waals surface area contributed by atoms with E-state index in [0.29, 0.717) is 11.4 Å². The number of para-hydroxylation sites is 4. The lowest BCUT2D eigenvalue weighted by Gasteiger charge is -2.35. The van der Waals surface area contributed by atoms with Crippen molar-refractivity contribution in [3.63, 3.8) is 0 Å². The number of anilines is 1. The van der Waals surface area contributed by atoms with Gasteiger partial charge in [-0.2, -0.15) is 0 Å². The Balaban J connectivity index is 1.62. The maximum atomic E-state index is 13.5. The highest BCUT2D eigenvalue weighted by Gasteiger charge is 2.34. The lowest BCUT2D eigenvalue weighted by atomic mass is 10.1. The average Bonchev–Trinajstić information content (AvgIpc) is 3.19. The number of nitrogens with zero attached hydrogens (tertiary/aromatic N) is 3. The maximum Gasteiger partial charge on any atom is 0.263 e. The molecule has 0 fully saturated rings. The van der Waals surface area contributed by atoms with Gasteiger partial charge in [0, 0.05) is 12.5 Å². The first-order valence-electron chi connectivity index (χ1n) is 11.4. The molecule has 1 aliphatic heterocycles. The lowest BCUT2D eigenvalue weighted by molar-refractivity contribution is -0.129. The molecule has 0 radical (unpaired) electrons. The molecule has 1 atom stereocenters. The number of amides is 2. The first kappa shape index (κ1) is 21.9. The monoisotopic (exact) mass is 434 g/mol. The Bertz CT molecular complexity index is 1120. The molecule has 2 amide bonds. The van der Waals surface area contributed by atoms with Crippen molar-refractivity contribution in [1.29, 1.82) is 0 Å². The Kier molecular flexibility index (Phi) is 6.44. The number of fused-ring (bicyclic) bond motifs is 2. The van der Waals surface area contributed by atoms with Crippen LogP contribution in [0, 0.1) is 0 Å². The van der Waals surface area contributed by atoms with Crippen LogP contribution in [0.25, 0.3) is 11.0 Å². The Morgan fingerprint density at radius 2 is 1.81 bits per heavy atom. The molecule has 0 aliphatic carbocycles. The summed E-state index contributed by atoms with van der Waals surface area (Å²) in [6.45, 7) is 6.45. The summed E-state index contributed by atoms with van der Waals surface area (Å²) >= 11 is 0. The normalized spacial score (nSPS) is 15.5. The fraction of sp³-hybridized carbons (Fsp3) is 0.400. The van der Waals surface area contributed by atoms with Crippen LogP contribution in [0.5, 0.6) is 5.75 Å². The molecule has 0 spiro atoms. The second-order valence-electron chi connectivity index (χ2n) is 8.06. The van der Waals surface area contributed by atoms with Gasteiger partial charge in [0.1, 0.15) is 18.1 Å². The highest BCUT2D eigenvalue weighted by Crippen LogP contribution is 2.33. The van der Waals surface area contributed by atoms with Crippen LogP contribution in [0.4, 0.5) is 5.69 Å². The van der Waals surface area contributed by atoms with Gasteiger partial charge in [0.2, 0.25) is 5.91 Å². The Hall–Kier alpha value is -3.35. The van der Waals surface area contributed by atoms with Crippen LogP contribution in [0.3, 0.4) is 0 Å². The molecule has 1 aromatic heterocycles. The van der Waals surface area contributed by atoms with E-state index < -0.39 is 6.10 Å². The van der Waals surface area contributed by atoms with E-state index in [1.165, 1.54) is 0 Å². The number of aromatic nitrogens is 2. The average molecular weight is 435 g/mol. The van der Waals surface area contributed by atoms with Crippen molar-refractivity contribution in [2.24, 2.45) is 0 Å². The fourth-order valence-corrected chi connectivity index (χ4v) is 4.19. The summed E-state index contributed by atoms with van der Waals surface area (Å²) in [6, 6.07) is 15.3. The van der Waals surface area contributed by atoms with Crippen molar-refractivity contribution in [1.82, 2.24) is 14.9 Å². The molecule has 1 aliphatic rings. The number of imidazole rings is 1. The van der Waals surface area contributed by atoms with Gasteiger partial charge >= 0.3 is 0 Å². The molecule has 4 rings (SSSR count). The van der Waals surface area contributed by atoms with E-state index in [9.17, 15) is 9.59 Å². The number of nitrogens with one attached hydrogen (secondary N) is 1. The topological polar surface area (TPSA) is 76.5 Å². The molecule has 0 bridgehead atoms. The van der Waals surface area contributed by atoms with Crippen LogP contribution in [0.2, 0.25) is 0 Å². The van der Waals surface area contributed by atoms with Crippen molar-refractivity contribution >= 4 is 28.5 Å². The third-order valence-electron chi connectivity index (χ3n) is 6.04. The van der Waals surface area contributed by atoms with Crippen LogP contribution in [-0.2, 0) is 22.6 Å². The van der Waals surface area contributed by atoms with Gasteiger partial charge in [0.25, 0.3) is 5.91 Å². The third-order valence-corrected chi connectivity index (χ3v) is 6.04. The predicted octanol–water partition coefficient (Wildman–Crippen LogP) is 3.70. The number of hydrogen-bond acceptors (Lipinski definition) is 4. The summed E-state index contributed by atoms with van der Waals surface area (Å²) in [4.78, 5) is 32.8. The van der Waals surface area contributed by atoms with Gasteiger partial charge in [-0.25, -0.2) is 4.98 Å². The molecule has 32 heavy (non-hydrogen) atoms. The second kappa shape index (κ2) is 9.42. The van der Waals surface area contributed by atoms with Crippen LogP contribution >= 0.6 is 0 Å². The van der Waals surface area contributed by atoms with E-state index in [0.717, 1.165) is 36.1 Å². The third kappa shape index (κ3) is 4.20. The molecule has 2 heterocycles. The quantitative estimate of drug-likeness (QED) is 0.615. The summed E-state index contributed by atoms with van der Waals surface area (Å²) in [5.74, 6) is 1.12. The zero-order chi connectivity index (χ0) is 22.7. The maximum absolute atomic E-state index is 13.5. The summed E-state index contributed by atoms with van der Waals surface area (Å²) in [6.07, 6.45) is 1.67. The van der Waals surface area contributed by atoms with Crippen molar-refractivity contribution in [2.45, 2.75) is 58.7 Å². The SMILES string of the molecule is CCc1nc2ccccc2n1CC(=O)N1CC(C(=O)NC(CC)CC)Oc2ccccc21. The van der Waals surface area contributed by atoms with Crippen molar-refractivity contribution < 1.29 is 14.3 Å². The molecule has 1 N–H and O–H groups in total. The highest BCUT2D eigenvalue weighted by atomic mass is 16.5. The number of ether oxygens (including phenoxy) is 1. The van der Waals surface area contributed by atoms with E-state index in [-0.39, 0.29) is 30.9 Å². The van der Waals surface area contributed by atoms with Gasteiger partial charge in [-0.3, -0.25) is 9.59 Å². The minimum absolute atomic E-state index is 0.0943. The van der Waals surface area contributed by atoms with Gasteiger partial charge in [-0.05, 0) is 37.1 Å². The molecular weight excluding hydrogens is 404 g/mol. The number of benzene rings is 2. The van der Waals surface area contributed by atoms with Gasteiger partial charge in [-0.15, -0.1) is 0 Å². The number of carbonyl (C=O) groups is 2. The number of carbonyl (C=O) groups excluding carboxylic acids is 2. The van der Waals surface area contributed by atoms with Crippen molar-refractivity contribution in [3.05, 3.63) is 54.4 Å². The largest absolute Gasteiger partial charge is 0.477 e. The van der Waals surface area contributed by atoms with E-state index in [2.05, 4.69) is 10.3 Å². The molecule has 2 aromatic carbocycles. The number of rotatable bonds is 7. The fourth-order valence-electron chi connectivity index (χ4n) is 4.19. The van der Waals surface area contributed by atoms with Crippen LogP contribution in [-0.4, -0.2) is 40.1 Å². The smallest absolute Gasteiger partial charge is 0.263 e. The van der Waals surface area contributed by atoms with Crippen LogP contribution in [0.1, 0.15) is 39.4 Å². The summed E-state index contributed by atoms with van der Waals surface area (Å²) in [7, 11) is 0. The Morgan fingerprint density at radius 3 is 2.56 bits per heavy atom. The first-order valence-corrected chi connectivity index (χ1v) is 11.4. The number of aryl methyl sites for hydroxylation is 1. The standard InChI is InChI=1S/C25H30N4O3/c1-4-17(5-2)26-25(31)22-15-29(20-13-9-10-14-21(20)32-22)24(30)16-28-19-12-8-7-11-18(19)27-23(28)6-3/h7-14,17,22H,4-6,15-16H2,1-3H3,(H,26,31). The minimum atomic E-state index is -0.750. The zero-order valence-corrected chi connectivity index (χ0v) is 18.9. The van der Waals surface area contributed by atoms with E-state index >= 15 is 0 Å². The zero-order valence-electron chi connectivity index (χ0n) is 18.9. The van der Waals surface area contributed by atoms with Gasteiger partial charge < -0.3 is 19.5 Å². The van der Waals surface area contributed by atoms with Crippen molar-refractivity contribution in [3.8, 4) is 5.75 Å². The second-order valence-corrected chi connectivity index (χ2v) is 8.06. The molecule has 168 valence electrons. The lowest BCUT2D eigenvalue weighted by Crippen LogP contribution is -2.53. The van der Waals surface area contributed by atoms with Crippen molar-refractivity contribution in [2.75, 3.05) is 11.4 Å². The van der Waals surface area contributed by atoms with E-state index in [1.807, 2.05) is 67.8 Å². The van der Waals surface area contributed by atoms with Gasteiger partial charge in [-0.1, -0.05) is 45.0 Å². The molecule has 1 unspecified atom stereocenters. The van der Waals surface area contributed by atoms with Gasteiger partial charge in [0.15, 0.2) is 6.10 Å². The molecule has 0 saturated carbocycles. The molecule has 7 nitrogen and oxygen atoms in total. The highest BCUT2D eigenvalue weighted by molar-refractivity contribution is 5.97. The summed E-state index contributed by atoms with van der Waals surface area (Å²) in [5.41, 5.74) is 2.50. The molecule has 0 saturated heterocycles. The van der Waals surface area contributed by atoms with E-state index in [4.69, 9.17) is 4.74 Å².